The molecule has 24 bridgehead atoms. The highest BCUT2D eigenvalue weighted by Crippen LogP contribution is 2.47. The maximum Gasteiger partial charge on any atom is 0.120 e. The summed E-state index contributed by atoms with van der Waals surface area (Å²) in [5, 5.41) is 1.73. The average molecular weight is 1040 g/mol. The smallest absolute Gasteiger partial charge is 0.120 e. The minimum absolute atomic E-state index is 0.0508. The molecular weight excluding hydrogens is 995 g/mol. The molecule has 376 valence electrons. The third-order valence-corrected chi connectivity index (χ3v) is 17.4. The third-order valence-electron chi connectivity index (χ3n) is 17.4. The SMILES string of the molecule is C1=Cc2nc1c(-c1ccccc1)c1ccc([nH]1)c1ccc3c4nc5c6nc7c(ccc8c7nc6c6nc7c(ccc2c7nc6c5nc41)-c1ccc([nH]1)C(c1ccccc1)c1ccc-8[nH]1)C1=CC=C(C1)C(c1ccccc1)c1ccc-3[nH]1. The lowest BCUT2D eigenvalue weighted by Crippen LogP contribution is -2.05. The summed E-state index contributed by atoms with van der Waals surface area (Å²) < 4.78 is 0. The van der Waals surface area contributed by atoms with Gasteiger partial charge >= 0.3 is 0 Å². The zero-order valence-corrected chi connectivity index (χ0v) is 43.0. The Morgan fingerprint density at radius 3 is 1.38 bits per heavy atom. The molecule has 0 fully saturated rings. The fraction of sp³-hybridized carbons (Fsp3) is 0.0429. The summed E-state index contributed by atoms with van der Waals surface area (Å²) in [6, 6.07) is 62.6. The molecule has 11 nitrogen and oxygen atoms in total. The second kappa shape index (κ2) is 15.9. The predicted octanol–water partition coefficient (Wildman–Crippen LogP) is 16.1. The van der Waals surface area contributed by atoms with Crippen molar-refractivity contribution in [2.75, 3.05) is 0 Å². The number of hydrogen-bond donors (Lipinski definition) is 4. The number of H-pyrrole nitrogens is 4. The van der Waals surface area contributed by atoms with Crippen LogP contribution in [0, 0.1) is 0 Å². The molecule has 15 aromatic rings. The molecule has 11 heteroatoms. The molecule has 0 spiro atoms. The Morgan fingerprint density at radius 1 is 0.321 bits per heavy atom. The Hall–Kier alpha value is -10.9. The summed E-state index contributed by atoms with van der Waals surface area (Å²) in [5.74, 6) is -0.205. The van der Waals surface area contributed by atoms with Crippen molar-refractivity contribution >= 4 is 106 Å². The number of benzene rings is 7. The summed E-state index contributed by atoms with van der Waals surface area (Å²) in [6.07, 6.45) is 9.53. The van der Waals surface area contributed by atoms with Crippen molar-refractivity contribution in [1.29, 1.82) is 0 Å². The molecule has 0 saturated carbocycles. The van der Waals surface area contributed by atoms with Gasteiger partial charge in [0, 0.05) is 89.7 Å². The summed E-state index contributed by atoms with van der Waals surface area (Å²) in [4.78, 5) is 56.3. The summed E-state index contributed by atoms with van der Waals surface area (Å²) in [5.41, 5.74) is 27.8. The zero-order chi connectivity index (χ0) is 52.6. The third kappa shape index (κ3) is 6.08. The van der Waals surface area contributed by atoms with E-state index in [2.05, 4.69) is 214 Å². The molecule has 2 unspecified atom stereocenters. The van der Waals surface area contributed by atoms with Gasteiger partial charge in [-0.1, -0.05) is 115 Å². The van der Waals surface area contributed by atoms with Crippen LogP contribution in [0.15, 0.2) is 194 Å². The van der Waals surface area contributed by atoms with E-state index in [1.165, 1.54) is 11.1 Å². The van der Waals surface area contributed by atoms with Crippen LogP contribution >= 0.6 is 0 Å². The molecule has 19 rings (SSSR count). The van der Waals surface area contributed by atoms with Crippen LogP contribution in [0.25, 0.3) is 151 Å². The minimum Gasteiger partial charge on any atom is -0.358 e. The first-order valence-electron chi connectivity index (χ1n) is 27.5. The first-order valence-corrected chi connectivity index (χ1v) is 27.5. The van der Waals surface area contributed by atoms with Crippen molar-refractivity contribution < 1.29 is 0 Å². The Balaban J connectivity index is 1.04. The van der Waals surface area contributed by atoms with E-state index >= 15 is 0 Å². The molecule has 0 radical (unpaired) electrons. The van der Waals surface area contributed by atoms with Gasteiger partial charge in [0.05, 0.1) is 50.4 Å². The van der Waals surface area contributed by atoms with Crippen LogP contribution in [0.3, 0.4) is 0 Å². The van der Waals surface area contributed by atoms with Crippen molar-refractivity contribution in [3.63, 3.8) is 0 Å². The second-order valence-corrected chi connectivity index (χ2v) is 21.9. The van der Waals surface area contributed by atoms with E-state index in [1.54, 1.807) is 0 Å². The number of aromatic nitrogens is 11. The number of fused-ring (bicyclic) bond motifs is 18. The quantitative estimate of drug-likeness (QED) is 0.101. The first-order chi connectivity index (χ1) is 40.1. The standard InChI is InChI=1S/C70H41N11/c1-4-10-35(11-5-1)56-39-17-16-38(34-39)40-18-19-41-47-25-30-52(72-47)57(36-12-6-2-7-13-36)53-31-27-49(74-53)44-22-23-45-50-28-33-55(75-50)58(37-14-8-3-9-15-37)54-32-26-48(73-54)43-21-20-42(46-24-29-51(56)71-46)61-62(43)80-69-67(78-61)65-66(77-60(41)59(40)76-65)68-70(69)81-64(45)63(44)79-68/h1-33,56-57,71-74H,34H2. The van der Waals surface area contributed by atoms with Crippen molar-refractivity contribution in [1.82, 2.24) is 54.8 Å². The number of nitrogens with one attached hydrogen (secondary N) is 4. The second-order valence-electron chi connectivity index (χ2n) is 21.9. The lowest BCUT2D eigenvalue weighted by molar-refractivity contribution is 0.890. The van der Waals surface area contributed by atoms with Crippen LogP contribution in [0.2, 0.25) is 0 Å². The number of rotatable bonds is 3. The molecule has 4 N–H and O–H groups in total. The molecule has 1 aliphatic carbocycles. The zero-order valence-electron chi connectivity index (χ0n) is 43.0. The number of allylic oxidation sites excluding steroid dienone is 4. The van der Waals surface area contributed by atoms with Gasteiger partial charge in [-0.05, 0) is 120 Å². The lowest BCUT2D eigenvalue weighted by atomic mass is 9.86. The highest BCUT2D eigenvalue weighted by molar-refractivity contribution is 6.24. The van der Waals surface area contributed by atoms with E-state index in [1.807, 2.05) is 6.07 Å². The van der Waals surface area contributed by atoms with Crippen LogP contribution in [0.4, 0.5) is 0 Å². The molecule has 7 aromatic carbocycles. The number of hydrogen-bond acceptors (Lipinski definition) is 7. The minimum atomic E-state index is -0.154. The summed E-state index contributed by atoms with van der Waals surface area (Å²) >= 11 is 0. The molecular formula is C70H41N11. The van der Waals surface area contributed by atoms with Crippen molar-refractivity contribution in [3.8, 4) is 44.9 Å². The number of aromatic amines is 4. The van der Waals surface area contributed by atoms with Crippen LogP contribution < -0.4 is 0 Å². The topological polar surface area (TPSA) is 153 Å². The van der Waals surface area contributed by atoms with E-state index in [-0.39, 0.29) is 11.8 Å². The largest absolute Gasteiger partial charge is 0.358 e. The summed E-state index contributed by atoms with van der Waals surface area (Å²) in [7, 11) is 0. The van der Waals surface area contributed by atoms with Gasteiger partial charge in [0.15, 0.2) is 0 Å². The maximum atomic E-state index is 5.89. The van der Waals surface area contributed by atoms with Crippen LogP contribution in [-0.4, -0.2) is 54.8 Å². The van der Waals surface area contributed by atoms with E-state index in [9.17, 15) is 0 Å². The molecule has 0 amide bonds. The number of nitrogens with zero attached hydrogens (tertiary/aromatic N) is 7. The molecule has 4 aliphatic rings. The fourth-order valence-corrected chi connectivity index (χ4v) is 13.7. The van der Waals surface area contributed by atoms with Crippen molar-refractivity contribution in [2.45, 2.75) is 18.3 Å². The molecule has 3 aliphatic heterocycles. The van der Waals surface area contributed by atoms with Gasteiger partial charge in [-0.15, -0.1) is 0 Å². The Labute approximate surface area is 460 Å². The van der Waals surface area contributed by atoms with E-state index in [0.717, 1.165) is 135 Å². The van der Waals surface area contributed by atoms with Crippen molar-refractivity contribution in [3.05, 3.63) is 239 Å². The van der Waals surface area contributed by atoms with E-state index < -0.39 is 0 Å². The normalized spacial score (nSPS) is 15.7. The summed E-state index contributed by atoms with van der Waals surface area (Å²) in [6.45, 7) is 0. The molecule has 2 atom stereocenters. The van der Waals surface area contributed by atoms with E-state index in [4.69, 9.17) is 34.9 Å². The molecule has 8 aromatic heterocycles. The highest BCUT2D eigenvalue weighted by atomic mass is 14.9. The van der Waals surface area contributed by atoms with Gasteiger partial charge < -0.3 is 19.9 Å². The van der Waals surface area contributed by atoms with Crippen molar-refractivity contribution in [2.24, 2.45) is 0 Å². The van der Waals surface area contributed by atoms with Crippen LogP contribution in [-0.2, 0) is 0 Å². The molecule has 0 saturated heterocycles. The first kappa shape index (κ1) is 43.1. The van der Waals surface area contributed by atoms with Gasteiger partial charge in [0.2, 0.25) is 0 Å². The highest BCUT2D eigenvalue weighted by Gasteiger charge is 2.31. The van der Waals surface area contributed by atoms with Crippen LogP contribution in [0.1, 0.15) is 63.4 Å². The van der Waals surface area contributed by atoms with Gasteiger partial charge in [0.1, 0.15) is 33.1 Å². The molecule has 81 heavy (non-hydrogen) atoms. The average Bonchev–Trinajstić information content (AvgIpc) is 4.09. The lowest BCUT2D eigenvalue weighted by Gasteiger charge is -2.20. The Kier molecular flexibility index (Phi) is 8.45. The van der Waals surface area contributed by atoms with Gasteiger partial charge in [-0.3, -0.25) is 0 Å². The maximum absolute atomic E-state index is 5.89. The molecule has 11 heterocycles. The Bertz CT molecular complexity index is 5450. The predicted molar refractivity (Wildman–Crippen MR) is 324 cm³/mol. The van der Waals surface area contributed by atoms with E-state index in [0.29, 0.717) is 49.7 Å². The van der Waals surface area contributed by atoms with Gasteiger partial charge in [-0.2, -0.15) is 0 Å². The van der Waals surface area contributed by atoms with Gasteiger partial charge in [-0.25, -0.2) is 34.9 Å². The van der Waals surface area contributed by atoms with Gasteiger partial charge in [0.25, 0.3) is 0 Å². The fourth-order valence-electron chi connectivity index (χ4n) is 13.7. The monoisotopic (exact) mass is 1040 g/mol. The Morgan fingerprint density at radius 2 is 0.778 bits per heavy atom. The van der Waals surface area contributed by atoms with Crippen LogP contribution in [0.5, 0.6) is 0 Å².